The Morgan fingerprint density at radius 2 is 2.00 bits per heavy atom. The molecule has 1 fully saturated rings. The quantitative estimate of drug-likeness (QED) is 0.795. The van der Waals surface area contributed by atoms with Crippen LogP contribution in [-0.2, 0) is 6.54 Å². The molecular formula is C13H19NO2. The van der Waals surface area contributed by atoms with E-state index in [4.69, 9.17) is 9.84 Å². The normalized spacial score (nSPS) is 23.9. The van der Waals surface area contributed by atoms with Gasteiger partial charge in [-0.15, -0.1) is 0 Å². The Labute approximate surface area is 96.4 Å². The Morgan fingerprint density at radius 1 is 1.31 bits per heavy atom. The van der Waals surface area contributed by atoms with Crippen molar-refractivity contribution < 1.29 is 9.84 Å². The molecule has 1 aromatic rings. The highest BCUT2D eigenvalue weighted by atomic mass is 16.5. The number of aliphatic hydroxyl groups is 1. The number of ether oxygens (including phenoxy) is 1. The van der Waals surface area contributed by atoms with E-state index in [9.17, 15) is 0 Å². The molecule has 3 heteroatoms. The van der Waals surface area contributed by atoms with Crippen LogP contribution < -0.4 is 10.1 Å². The average Bonchev–Trinajstić information content (AvgIpc) is 2.25. The highest BCUT2D eigenvalue weighted by Crippen LogP contribution is 2.20. The Bertz CT molecular complexity index is 317. The van der Waals surface area contributed by atoms with Crippen molar-refractivity contribution in [2.24, 2.45) is 0 Å². The van der Waals surface area contributed by atoms with E-state index in [1.165, 1.54) is 5.56 Å². The number of hydrogen-bond acceptors (Lipinski definition) is 3. The van der Waals surface area contributed by atoms with Crippen LogP contribution in [-0.4, -0.2) is 23.9 Å². The van der Waals surface area contributed by atoms with Crippen LogP contribution in [0.3, 0.4) is 0 Å². The first-order chi connectivity index (χ1) is 7.78. The molecular weight excluding hydrogens is 202 g/mol. The minimum Gasteiger partial charge on any atom is -0.494 e. The van der Waals surface area contributed by atoms with Crippen LogP contribution in [0.15, 0.2) is 24.3 Å². The van der Waals surface area contributed by atoms with Crippen molar-refractivity contribution in [2.75, 3.05) is 6.61 Å². The zero-order valence-corrected chi connectivity index (χ0v) is 9.65. The van der Waals surface area contributed by atoms with Crippen LogP contribution in [0.4, 0.5) is 0 Å². The summed E-state index contributed by atoms with van der Waals surface area (Å²) in [4.78, 5) is 0. The summed E-state index contributed by atoms with van der Waals surface area (Å²) in [5, 5.41) is 12.6. The van der Waals surface area contributed by atoms with E-state index in [0.29, 0.717) is 12.6 Å². The van der Waals surface area contributed by atoms with Crippen molar-refractivity contribution >= 4 is 0 Å². The highest BCUT2D eigenvalue weighted by molar-refractivity contribution is 5.27. The summed E-state index contributed by atoms with van der Waals surface area (Å²) in [6.45, 7) is 3.55. The van der Waals surface area contributed by atoms with Crippen molar-refractivity contribution in [1.82, 2.24) is 5.32 Å². The molecule has 0 bridgehead atoms. The fraction of sp³-hybridized carbons (Fsp3) is 0.538. The van der Waals surface area contributed by atoms with E-state index in [1.807, 2.05) is 19.1 Å². The second-order valence-electron chi connectivity index (χ2n) is 4.28. The van der Waals surface area contributed by atoms with Gasteiger partial charge in [0.25, 0.3) is 0 Å². The Kier molecular flexibility index (Phi) is 3.80. The third-order valence-electron chi connectivity index (χ3n) is 2.94. The third kappa shape index (κ3) is 2.97. The molecule has 0 aromatic heterocycles. The first-order valence-corrected chi connectivity index (χ1v) is 5.91. The summed E-state index contributed by atoms with van der Waals surface area (Å²) in [5.74, 6) is 0.922. The molecule has 1 aliphatic carbocycles. The molecule has 16 heavy (non-hydrogen) atoms. The topological polar surface area (TPSA) is 41.5 Å². The first-order valence-electron chi connectivity index (χ1n) is 5.91. The largest absolute Gasteiger partial charge is 0.494 e. The lowest BCUT2D eigenvalue weighted by Gasteiger charge is -2.32. The third-order valence-corrected chi connectivity index (χ3v) is 2.94. The first kappa shape index (κ1) is 11.4. The van der Waals surface area contributed by atoms with Gasteiger partial charge in [0.1, 0.15) is 5.75 Å². The molecule has 1 aliphatic rings. The molecule has 2 N–H and O–H groups in total. The lowest BCUT2D eigenvalue weighted by molar-refractivity contribution is 0.0619. The van der Waals surface area contributed by atoms with Crippen LogP contribution >= 0.6 is 0 Å². The summed E-state index contributed by atoms with van der Waals surface area (Å²) in [5.41, 5.74) is 1.25. The number of benzene rings is 1. The molecule has 0 heterocycles. The number of nitrogens with one attached hydrogen (secondary N) is 1. The Hall–Kier alpha value is -1.06. The lowest BCUT2D eigenvalue weighted by atomic mass is 9.89. The lowest BCUT2D eigenvalue weighted by Crippen LogP contribution is -2.43. The van der Waals surface area contributed by atoms with Crippen LogP contribution in [0.1, 0.15) is 25.3 Å². The maximum atomic E-state index is 9.15. The smallest absolute Gasteiger partial charge is 0.119 e. The van der Waals surface area contributed by atoms with Gasteiger partial charge in [-0.2, -0.15) is 0 Å². The molecule has 0 atom stereocenters. The summed E-state index contributed by atoms with van der Waals surface area (Å²) >= 11 is 0. The van der Waals surface area contributed by atoms with Gasteiger partial charge in [-0.25, -0.2) is 0 Å². The molecule has 0 spiro atoms. The standard InChI is InChI=1S/C13H19NO2/c1-2-16-13-5-3-10(4-6-13)9-14-11-7-12(15)8-11/h3-6,11-12,14-15H,2,7-9H2,1H3. The van der Waals surface area contributed by atoms with Crippen molar-refractivity contribution in [3.63, 3.8) is 0 Å². The van der Waals surface area contributed by atoms with Gasteiger partial charge in [0.05, 0.1) is 12.7 Å². The summed E-state index contributed by atoms with van der Waals surface area (Å²) < 4.78 is 5.38. The van der Waals surface area contributed by atoms with Crippen LogP contribution in [0.2, 0.25) is 0 Å². The van der Waals surface area contributed by atoms with Gasteiger partial charge < -0.3 is 15.2 Å². The van der Waals surface area contributed by atoms with E-state index in [0.717, 1.165) is 25.1 Å². The van der Waals surface area contributed by atoms with Crippen molar-refractivity contribution in [3.05, 3.63) is 29.8 Å². The Balaban J connectivity index is 1.76. The SMILES string of the molecule is CCOc1ccc(CNC2CC(O)C2)cc1. The predicted molar refractivity (Wildman–Crippen MR) is 63.5 cm³/mol. The van der Waals surface area contributed by atoms with E-state index in [2.05, 4.69) is 17.4 Å². The van der Waals surface area contributed by atoms with Crippen molar-refractivity contribution in [3.8, 4) is 5.75 Å². The predicted octanol–water partition coefficient (Wildman–Crippen LogP) is 1.70. The molecule has 2 rings (SSSR count). The fourth-order valence-electron chi connectivity index (χ4n) is 1.89. The van der Waals surface area contributed by atoms with Crippen LogP contribution in [0.5, 0.6) is 5.75 Å². The van der Waals surface area contributed by atoms with Gasteiger partial charge in [0, 0.05) is 12.6 Å². The molecule has 0 unspecified atom stereocenters. The number of hydrogen-bond donors (Lipinski definition) is 2. The van der Waals surface area contributed by atoms with Gasteiger partial charge in [-0.3, -0.25) is 0 Å². The summed E-state index contributed by atoms with van der Waals surface area (Å²) in [6.07, 6.45) is 1.69. The van der Waals surface area contributed by atoms with E-state index >= 15 is 0 Å². The molecule has 1 aromatic carbocycles. The minimum atomic E-state index is -0.0853. The van der Waals surface area contributed by atoms with Gasteiger partial charge >= 0.3 is 0 Å². The van der Waals surface area contributed by atoms with Crippen molar-refractivity contribution in [2.45, 2.75) is 38.5 Å². The number of aliphatic hydroxyl groups excluding tert-OH is 1. The maximum Gasteiger partial charge on any atom is 0.119 e. The molecule has 0 radical (unpaired) electrons. The second kappa shape index (κ2) is 5.32. The molecule has 88 valence electrons. The van der Waals surface area contributed by atoms with Gasteiger partial charge in [-0.1, -0.05) is 12.1 Å². The van der Waals surface area contributed by atoms with E-state index in [1.54, 1.807) is 0 Å². The zero-order chi connectivity index (χ0) is 11.4. The maximum absolute atomic E-state index is 9.15. The van der Waals surface area contributed by atoms with E-state index in [-0.39, 0.29) is 6.10 Å². The van der Waals surface area contributed by atoms with Crippen molar-refractivity contribution in [1.29, 1.82) is 0 Å². The molecule has 0 saturated heterocycles. The van der Waals surface area contributed by atoms with Gasteiger partial charge in [0.15, 0.2) is 0 Å². The fourth-order valence-corrected chi connectivity index (χ4v) is 1.89. The molecule has 0 amide bonds. The minimum absolute atomic E-state index is 0.0853. The molecule has 1 saturated carbocycles. The van der Waals surface area contributed by atoms with Gasteiger partial charge in [0.2, 0.25) is 0 Å². The molecule has 3 nitrogen and oxygen atoms in total. The average molecular weight is 221 g/mol. The van der Waals surface area contributed by atoms with Crippen LogP contribution in [0.25, 0.3) is 0 Å². The van der Waals surface area contributed by atoms with E-state index < -0.39 is 0 Å². The second-order valence-corrected chi connectivity index (χ2v) is 4.28. The zero-order valence-electron chi connectivity index (χ0n) is 9.65. The Morgan fingerprint density at radius 3 is 2.56 bits per heavy atom. The molecule has 0 aliphatic heterocycles. The summed E-state index contributed by atoms with van der Waals surface area (Å²) in [6, 6.07) is 8.63. The number of rotatable bonds is 5. The highest BCUT2D eigenvalue weighted by Gasteiger charge is 2.26. The monoisotopic (exact) mass is 221 g/mol. The summed E-state index contributed by atoms with van der Waals surface area (Å²) in [7, 11) is 0. The van der Waals surface area contributed by atoms with Gasteiger partial charge in [-0.05, 0) is 37.5 Å². The van der Waals surface area contributed by atoms with Crippen LogP contribution in [0, 0.1) is 0 Å².